The van der Waals surface area contributed by atoms with Crippen LogP contribution in [-0.4, -0.2) is 15.9 Å². The van der Waals surface area contributed by atoms with Gasteiger partial charge in [-0.2, -0.15) is 0 Å². The van der Waals surface area contributed by atoms with Gasteiger partial charge in [0.05, 0.1) is 0 Å². The molecule has 0 radical (unpaired) electrons. The fraction of sp³-hybridized carbons (Fsp3) is 0.714. The molecule has 4 heteroatoms. The summed E-state index contributed by atoms with van der Waals surface area (Å²) >= 11 is 11.1. The smallest absolute Gasteiger partial charge is 0.233 e. The van der Waals surface area contributed by atoms with E-state index in [-0.39, 0.29) is 11.6 Å². The summed E-state index contributed by atoms with van der Waals surface area (Å²) in [7, 11) is 0. The van der Waals surface area contributed by atoms with Gasteiger partial charge >= 0.3 is 0 Å². The molecule has 11 heavy (non-hydrogen) atoms. The maximum atomic E-state index is 11.1. The molecule has 0 heterocycles. The van der Waals surface area contributed by atoms with Gasteiger partial charge in [-0.25, -0.2) is 0 Å². The summed E-state index contributed by atoms with van der Waals surface area (Å²) in [6.07, 6.45) is 2.06. The van der Waals surface area contributed by atoms with Crippen molar-refractivity contribution in [3.63, 3.8) is 0 Å². The molecule has 0 N–H and O–H groups in total. The molecule has 0 bridgehead atoms. The Balaban J connectivity index is 2.84. The summed E-state index contributed by atoms with van der Waals surface area (Å²) < 4.78 is -1.75. The standard InChI is InChI=1S/C7H8Cl2O2/c8-7(9)5(10)3-1-2-4-6(7)11/h1-4H2. The first kappa shape index (κ1) is 9.01. The molecule has 0 saturated heterocycles. The van der Waals surface area contributed by atoms with Crippen LogP contribution in [0.25, 0.3) is 0 Å². The Bertz CT molecular complexity index is 179. The van der Waals surface area contributed by atoms with E-state index in [0.717, 1.165) is 0 Å². The maximum Gasteiger partial charge on any atom is 0.233 e. The van der Waals surface area contributed by atoms with E-state index in [0.29, 0.717) is 25.7 Å². The molecule has 2 nitrogen and oxygen atoms in total. The van der Waals surface area contributed by atoms with E-state index >= 15 is 0 Å². The molecule has 0 unspecified atom stereocenters. The number of alkyl halides is 2. The predicted octanol–water partition coefficient (Wildman–Crippen LogP) is 1.87. The van der Waals surface area contributed by atoms with Crippen molar-refractivity contribution in [1.82, 2.24) is 0 Å². The van der Waals surface area contributed by atoms with Gasteiger partial charge in [0.1, 0.15) is 0 Å². The summed E-state index contributed by atoms with van der Waals surface area (Å²) in [6, 6.07) is 0. The lowest BCUT2D eigenvalue weighted by Gasteiger charge is -2.12. The quantitative estimate of drug-likeness (QED) is 0.336. The number of hydrogen-bond acceptors (Lipinski definition) is 2. The van der Waals surface area contributed by atoms with Crippen LogP contribution in [-0.2, 0) is 9.59 Å². The van der Waals surface area contributed by atoms with Crippen molar-refractivity contribution in [2.75, 3.05) is 0 Å². The number of ketones is 2. The van der Waals surface area contributed by atoms with Crippen molar-refractivity contribution in [3.05, 3.63) is 0 Å². The third-order valence-corrected chi connectivity index (χ3v) is 2.60. The first-order chi connectivity index (χ1) is 5.05. The summed E-state index contributed by atoms with van der Waals surface area (Å²) in [5, 5.41) is 0. The van der Waals surface area contributed by atoms with Crippen LogP contribution in [0.5, 0.6) is 0 Å². The normalized spacial score (nSPS) is 24.9. The Labute approximate surface area is 74.9 Å². The van der Waals surface area contributed by atoms with Gasteiger partial charge in [0.15, 0.2) is 11.6 Å². The molecule has 1 aliphatic rings. The lowest BCUT2D eigenvalue weighted by atomic mass is 10.1. The van der Waals surface area contributed by atoms with E-state index in [9.17, 15) is 9.59 Å². The minimum atomic E-state index is -1.75. The lowest BCUT2D eigenvalue weighted by Crippen LogP contribution is -2.33. The second-order valence-electron chi connectivity index (χ2n) is 2.63. The molecule has 0 atom stereocenters. The molecular formula is C7H8Cl2O2. The van der Waals surface area contributed by atoms with Gasteiger partial charge in [-0.05, 0) is 12.8 Å². The van der Waals surface area contributed by atoms with Crippen LogP contribution in [0.1, 0.15) is 25.7 Å². The average molecular weight is 195 g/mol. The van der Waals surface area contributed by atoms with Crippen LogP contribution in [0.4, 0.5) is 0 Å². The monoisotopic (exact) mass is 194 g/mol. The molecule has 62 valence electrons. The molecule has 1 aliphatic carbocycles. The van der Waals surface area contributed by atoms with Crippen LogP contribution in [0.15, 0.2) is 0 Å². The number of rotatable bonds is 0. The van der Waals surface area contributed by atoms with E-state index in [1.807, 2.05) is 0 Å². The van der Waals surface area contributed by atoms with Crippen LogP contribution < -0.4 is 0 Å². The fourth-order valence-electron chi connectivity index (χ4n) is 1.04. The number of halogens is 2. The van der Waals surface area contributed by atoms with Gasteiger partial charge < -0.3 is 0 Å². The average Bonchev–Trinajstić information content (AvgIpc) is 2.03. The Hall–Kier alpha value is -0.0800. The van der Waals surface area contributed by atoms with Crippen molar-refractivity contribution in [2.24, 2.45) is 0 Å². The van der Waals surface area contributed by atoms with E-state index in [4.69, 9.17) is 23.2 Å². The third kappa shape index (κ3) is 1.74. The summed E-state index contributed by atoms with van der Waals surface area (Å²) in [5.74, 6) is -0.716. The first-order valence-corrected chi connectivity index (χ1v) is 4.25. The SMILES string of the molecule is O=C1CCCCC(=O)C1(Cl)Cl. The molecule has 0 spiro atoms. The molecule has 0 aromatic carbocycles. The maximum absolute atomic E-state index is 11.1. The molecule has 1 rings (SSSR count). The Morgan fingerprint density at radius 2 is 1.36 bits per heavy atom. The van der Waals surface area contributed by atoms with Crippen molar-refractivity contribution in [2.45, 2.75) is 30.0 Å². The highest BCUT2D eigenvalue weighted by molar-refractivity contribution is 6.68. The topological polar surface area (TPSA) is 34.1 Å². The Kier molecular flexibility index (Phi) is 2.55. The zero-order chi connectivity index (χ0) is 8.48. The number of hydrogen-bond donors (Lipinski definition) is 0. The minimum Gasteiger partial charge on any atom is -0.296 e. The van der Waals surface area contributed by atoms with Gasteiger partial charge in [0, 0.05) is 12.8 Å². The van der Waals surface area contributed by atoms with Crippen LogP contribution >= 0.6 is 23.2 Å². The predicted molar refractivity (Wildman–Crippen MR) is 42.9 cm³/mol. The van der Waals surface area contributed by atoms with Crippen LogP contribution in [0.2, 0.25) is 0 Å². The lowest BCUT2D eigenvalue weighted by molar-refractivity contribution is -0.127. The second kappa shape index (κ2) is 3.11. The van der Waals surface area contributed by atoms with Crippen LogP contribution in [0, 0.1) is 0 Å². The van der Waals surface area contributed by atoms with E-state index < -0.39 is 4.33 Å². The second-order valence-corrected chi connectivity index (χ2v) is 3.96. The Morgan fingerprint density at radius 3 is 1.73 bits per heavy atom. The molecule has 0 amide bonds. The Morgan fingerprint density at radius 1 is 1.00 bits per heavy atom. The van der Waals surface area contributed by atoms with Crippen molar-refractivity contribution in [3.8, 4) is 0 Å². The third-order valence-electron chi connectivity index (χ3n) is 1.76. The number of carbonyl (C=O) groups is 2. The molecular weight excluding hydrogens is 187 g/mol. The summed E-state index contributed by atoms with van der Waals surface area (Å²) in [5.41, 5.74) is 0. The van der Waals surface area contributed by atoms with E-state index in [1.54, 1.807) is 0 Å². The number of carbonyl (C=O) groups excluding carboxylic acids is 2. The molecule has 0 aromatic heterocycles. The van der Waals surface area contributed by atoms with Crippen molar-refractivity contribution in [1.29, 1.82) is 0 Å². The first-order valence-electron chi connectivity index (χ1n) is 3.49. The molecule has 0 aliphatic heterocycles. The van der Waals surface area contributed by atoms with Gasteiger partial charge in [-0.1, -0.05) is 23.2 Å². The van der Waals surface area contributed by atoms with Gasteiger partial charge in [0.25, 0.3) is 0 Å². The van der Waals surface area contributed by atoms with Crippen molar-refractivity contribution < 1.29 is 9.59 Å². The minimum absolute atomic E-state index is 0.318. The zero-order valence-electron chi connectivity index (χ0n) is 5.90. The summed E-state index contributed by atoms with van der Waals surface area (Å²) in [6.45, 7) is 0. The van der Waals surface area contributed by atoms with E-state index in [1.165, 1.54) is 0 Å². The zero-order valence-corrected chi connectivity index (χ0v) is 7.41. The summed E-state index contributed by atoms with van der Waals surface area (Å²) in [4.78, 5) is 22.1. The van der Waals surface area contributed by atoms with Gasteiger partial charge in [0.2, 0.25) is 4.33 Å². The van der Waals surface area contributed by atoms with Gasteiger partial charge in [-0.3, -0.25) is 9.59 Å². The molecule has 0 aromatic rings. The largest absolute Gasteiger partial charge is 0.296 e. The van der Waals surface area contributed by atoms with E-state index in [2.05, 4.69) is 0 Å². The number of Topliss-reactive ketones (excluding diaryl/α,β-unsaturated/α-hetero) is 2. The molecule has 1 fully saturated rings. The highest BCUT2D eigenvalue weighted by Crippen LogP contribution is 2.30. The van der Waals surface area contributed by atoms with Gasteiger partial charge in [-0.15, -0.1) is 0 Å². The van der Waals surface area contributed by atoms with Crippen molar-refractivity contribution >= 4 is 34.8 Å². The molecule has 1 saturated carbocycles. The highest BCUT2D eigenvalue weighted by Gasteiger charge is 2.41. The fourth-order valence-corrected chi connectivity index (χ4v) is 1.42. The highest BCUT2D eigenvalue weighted by atomic mass is 35.5. The van der Waals surface area contributed by atoms with Crippen LogP contribution in [0.3, 0.4) is 0 Å².